The summed E-state index contributed by atoms with van der Waals surface area (Å²) in [6.45, 7) is 7.97. The fourth-order valence-electron chi connectivity index (χ4n) is 4.24. The van der Waals surface area contributed by atoms with Gasteiger partial charge in [0, 0.05) is 29.4 Å². The first-order valence-corrected chi connectivity index (χ1v) is 10.9. The van der Waals surface area contributed by atoms with E-state index in [1.807, 2.05) is 6.20 Å². The van der Waals surface area contributed by atoms with Crippen LogP contribution >= 0.6 is 11.3 Å². The highest BCUT2D eigenvalue weighted by Gasteiger charge is 2.28. The topological polar surface area (TPSA) is 45.2 Å². The van der Waals surface area contributed by atoms with Crippen LogP contribution in [0, 0.1) is 19.8 Å². The minimum absolute atomic E-state index is 0.00218. The largest absolute Gasteiger partial charge is 0.355 e. The molecule has 28 heavy (non-hydrogen) atoms. The Morgan fingerprint density at radius 3 is 2.96 bits per heavy atom. The number of fused-ring (bicyclic) bond motifs is 1. The molecule has 4 nitrogen and oxygen atoms in total. The van der Waals surface area contributed by atoms with Crippen molar-refractivity contribution in [1.82, 2.24) is 10.3 Å². The maximum atomic E-state index is 13.0. The summed E-state index contributed by atoms with van der Waals surface area (Å²) in [6, 6.07) is 10.6. The zero-order chi connectivity index (χ0) is 19.7. The molecule has 1 aliphatic heterocycles. The Hall–Kier alpha value is -2.40. The summed E-state index contributed by atoms with van der Waals surface area (Å²) in [7, 11) is 0. The average Bonchev–Trinajstić information content (AvgIpc) is 3.16. The van der Waals surface area contributed by atoms with Gasteiger partial charge in [-0.25, -0.2) is 4.98 Å². The van der Waals surface area contributed by atoms with Crippen molar-refractivity contribution in [3.05, 3.63) is 58.6 Å². The second kappa shape index (κ2) is 7.92. The monoisotopic (exact) mass is 393 g/mol. The summed E-state index contributed by atoms with van der Waals surface area (Å²) >= 11 is 1.73. The van der Waals surface area contributed by atoms with Crippen LogP contribution in [-0.2, 0) is 4.79 Å². The van der Waals surface area contributed by atoms with E-state index in [4.69, 9.17) is 0 Å². The van der Waals surface area contributed by atoms with Crippen LogP contribution in [0.4, 0.5) is 5.82 Å². The molecule has 1 amide bonds. The number of nitrogens with one attached hydrogen (secondary N) is 1. The van der Waals surface area contributed by atoms with Crippen LogP contribution in [-0.4, -0.2) is 24.0 Å². The van der Waals surface area contributed by atoms with E-state index in [1.165, 1.54) is 26.8 Å². The Balaban J connectivity index is 1.47. The lowest BCUT2D eigenvalue weighted by Crippen LogP contribution is -2.44. The second-order valence-electron chi connectivity index (χ2n) is 7.84. The van der Waals surface area contributed by atoms with Gasteiger partial charge in [0.25, 0.3) is 0 Å². The molecule has 0 saturated carbocycles. The Kier molecular flexibility index (Phi) is 5.36. The molecule has 1 N–H and O–H groups in total. The molecule has 1 saturated heterocycles. The Morgan fingerprint density at radius 2 is 2.14 bits per heavy atom. The van der Waals surface area contributed by atoms with Crippen molar-refractivity contribution in [1.29, 1.82) is 0 Å². The zero-order valence-corrected chi connectivity index (χ0v) is 17.6. The number of pyridine rings is 1. The Morgan fingerprint density at radius 1 is 1.29 bits per heavy atom. The molecule has 0 spiro atoms. The molecule has 4 rings (SSSR count). The number of carbonyl (C=O) groups is 1. The van der Waals surface area contributed by atoms with Gasteiger partial charge >= 0.3 is 0 Å². The quantitative estimate of drug-likeness (QED) is 0.678. The first kappa shape index (κ1) is 18.9. The number of aryl methyl sites for hydroxylation is 2. The highest BCUT2D eigenvalue weighted by Crippen LogP contribution is 2.31. The normalized spacial score (nSPS) is 18.2. The lowest BCUT2D eigenvalue weighted by atomic mass is 9.95. The molecule has 146 valence electrons. The number of anilines is 1. The third-order valence-electron chi connectivity index (χ3n) is 5.70. The summed E-state index contributed by atoms with van der Waals surface area (Å²) in [6.07, 6.45) is 3.82. The molecule has 0 unspecified atom stereocenters. The number of benzene rings is 1. The summed E-state index contributed by atoms with van der Waals surface area (Å²) in [5.41, 5.74) is 3.67. The molecular formula is C23H27N3OS. The summed E-state index contributed by atoms with van der Waals surface area (Å²) in [4.78, 5) is 19.9. The van der Waals surface area contributed by atoms with Gasteiger partial charge in [-0.2, -0.15) is 0 Å². The number of hydrogen-bond donors (Lipinski definition) is 1. The molecule has 1 fully saturated rings. The molecular weight excluding hydrogens is 366 g/mol. The van der Waals surface area contributed by atoms with Crippen LogP contribution in [0.2, 0.25) is 0 Å². The zero-order valence-electron chi connectivity index (χ0n) is 16.7. The van der Waals surface area contributed by atoms with Crippen molar-refractivity contribution >= 4 is 33.1 Å². The van der Waals surface area contributed by atoms with Crippen molar-refractivity contribution in [2.45, 2.75) is 39.7 Å². The van der Waals surface area contributed by atoms with E-state index in [2.05, 4.69) is 71.7 Å². The number of hydrogen-bond acceptors (Lipinski definition) is 4. The van der Waals surface area contributed by atoms with Crippen LogP contribution in [0.1, 0.15) is 42.5 Å². The van der Waals surface area contributed by atoms with Crippen molar-refractivity contribution in [2.24, 2.45) is 5.92 Å². The molecule has 5 heteroatoms. The van der Waals surface area contributed by atoms with Crippen LogP contribution in [0.25, 0.3) is 10.1 Å². The van der Waals surface area contributed by atoms with Gasteiger partial charge in [-0.05, 0) is 62.3 Å². The number of piperidine rings is 1. The Bertz CT molecular complexity index is 996. The van der Waals surface area contributed by atoms with Crippen molar-refractivity contribution in [3.8, 4) is 0 Å². The molecule has 3 heterocycles. The number of nitrogens with zero attached hydrogens (tertiary/aromatic N) is 2. The first-order chi connectivity index (χ1) is 13.5. The van der Waals surface area contributed by atoms with Gasteiger partial charge in [-0.3, -0.25) is 4.79 Å². The maximum absolute atomic E-state index is 13.0. The fourth-order valence-corrected chi connectivity index (χ4v) is 5.01. The van der Waals surface area contributed by atoms with E-state index in [0.29, 0.717) is 0 Å². The number of thiophene rings is 1. The predicted octanol–water partition coefficient (Wildman–Crippen LogP) is 5.01. The van der Waals surface area contributed by atoms with Gasteiger partial charge in [0.2, 0.25) is 5.91 Å². The summed E-state index contributed by atoms with van der Waals surface area (Å²) in [5, 5.41) is 6.54. The van der Waals surface area contributed by atoms with Gasteiger partial charge in [0.05, 0.1) is 12.0 Å². The van der Waals surface area contributed by atoms with Gasteiger partial charge in [0.1, 0.15) is 5.82 Å². The molecule has 1 aliphatic rings. The molecule has 0 bridgehead atoms. The molecule has 2 aromatic heterocycles. The van der Waals surface area contributed by atoms with Crippen LogP contribution in [0.15, 0.2) is 41.9 Å². The van der Waals surface area contributed by atoms with Gasteiger partial charge in [-0.1, -0.05) is 23.8 Å². The lowest BCUT2D eigenvalue weighted by molar-refractivity contribution is -0.125. The first-order valence-electron chi connectivity index (χ1n) is 9.97. The number of rotatable bonds is 4. The van der Waals surface area contributed by atoms with Crippen LogP contribution in [0.3, 0.4) is 0 Å². The van der Waals surface area contributed by atoms with Crippen LogP contribution < -0.4 is 10.2 Å². The maximum Gasteiger partial charge on any atom is 0.225 e. The van der Waals surface area contributed by atoms with Gasteiger partial charge in [0.15, 0.2) is 0 Å². The standard InChI is InChI=1S/C23H27N3OS/c1-15-6-7-19(16(2)13-15)17(3)25-23(27)18-5-4-11-26(14-18)22-20-9-12-28-21(20)8-10-24-22/h6-10,12-13,17-18H,4-5,11,14H2,1-3H3,(H,25,27)/t17-,18+/m1/s1. The highest BCUT2D eigenvalue weighted by atomic mass is 32.1. The van der Waals surface area contributed by atoms with E-state index >= 15 is 0 Å². The minimum atomic E-state index is -0.00218. The van der Waals surface area contributed by atoms with Gasteiger partial charge in [-0.15, -0.1) is 11.3 Å². The summed E-state index contributed by atoms with van der Waals surface area (Å²) in [5.74, 6) is 1.16. The van der Waals surface area contributed by atoms with Crippen molar-refractivity contribution in [3.63, 3.8) is 0 Å². The number of amides is 1. The van der Waals surface area contributed by atoms with Gasteiger partial charge < -0.3 is 10.2 Å². The third kappa shape index (κ3) is 3.76. The van der Waals surface area contributed by atoms with E-state index in [0.717, 1.165) is 31.7 Å². The van der Waals surface area contributed by atoms with E-state index in [9.17, 15) is 4.79 Å². The SMILES string of the molecule is Cc1ccc([C@@H](C)NC(=O)[C@H]2CCCN(c3nccc4sccc34)C2)c(C)c1. The van der Waals surface area contributed by atoms with E-state index in [1.54, 1.807) is 11.3 Å². The van der Waals surface area contributed by atoms with E-state index in [-0.39, 0.29) is 17.9 Å². The van der Waals surface area contributed by atoms with Crippen molar-refractivity contribution in [2.75, 3.05) is 18.0 Å². The smallest absolute Gasteiger partial charge is 0.225 e. The second-order valence-corrected chi connectivity index (χ2v) is 8.79. The summed E-state index contributed by atoms with van der Waals surface area (Å²) < 4.78 is 1.25. The highest BCUT2D eigenvalue weighted by molar-refractivity contribution is 7.17. The minimum Gasteiger partial charge on any atom is -0.355 e. The predicted molar refractivity (Wildman–Crippen MR) is 117 cm³/mol. The van der Waals surface area contributed by atoms with E-state index < -0.39 is 0 Å². The molecule has 1 aromatic carbocycles. The molecule has 3 aromatic rings. The molecule has 0 aliphatic carbocycles. The molecule has 0 radical (unpaired) electrons. The number of aromatic nitrogens is 1. The Labute approximate surface area is 170 Å². The lowest BCUT2D eigenvalue weighted by Gasteiger charge is -2.34. The van der Waals surface area contributed by atoms with Crippen LogP contribution in [0.5, 0.6) is 0 Å². The molecule has 2 atom stereocenters. The fraction of sp³-hybridized carbons (Fsp3) is 0.391. The van der Waals surface area contributed by atoms with Crippen molar-refractivity contribution < 1.29 is 4.79 Å². The average molecular weight is 394 g/mol. The number of carbonyl (C=O) groups excluding carboxylic acids is 1. The third-order valence-corrected chi connectivity index (χ3v) is 6.58.